The Morgan fingerprint density at radius 1 is 1.12 bits per heavy atom. The number of carbonyl (C=O) groups is 1. The summed E-state index contributed by atoms with van der Waals surface area (Å²) in [6.07, 6.45) is 10.7. The first-order valence-electron chi connectivity index (χ1n) is 7.47. The summed E-state index contributed by atoms with van der Waals surface area (Å²) in [6.45, 7) is 2.22. The van der Waals surface area contributed by atoms with Gasteiger partial charge >= 0.3 is 0 Å². The topological polar surface area (TPSA) is 20.3 Å². The van der Waals surface area contributed by atoms with E-state index in [0.717, 1.165) is 25.7 Å². The van der Waals surface area contributed by atoms with Crippen LogP contribution in [0.4, 0.5) is 0 Å². The van der Waals surface area contributed by atoms with Crippen molar-refractivity contribution in [3.05, 3.63) is 0 Å². The number of fused-ring (bicyclic) bond motifs is 2. The highest BCUT2D eigenvalue weighted by Crippen LogP contribution is 2.38. The smallest absolute Gasteiger partial charge is 0.136 e. The van der Waals surface area contributed by atoms with Gasteiger partial charge in [0.25, 0.3) is 0 Å². The Morgan fingerprint density at radius 2 is 1.76 bits per heavy atom. The number of ketones is 1. The molecule has 2 rings (SSSR count). The van der Waals surface area contributed by atoms with Crippen molar-refractivity contribution in [3.63, 3.8) is 0 Å². The highest BCUT2D eigenvalue weighted by molar-refractivity contribution is 5.81. The summed E-state index contributed by atoms with van der Waals surface area (Å²) in [5.41, 5.74) is 0. The minimum atomic E-state index is 0.394. The zero-order valence-electron chi connectivity index (χ0n) is 11.5. The van der Waals surface area contributed by atoms with Gasteiger partial charge in [0.2, 0.25) is 0 Å². The molecule has 2 heterocycles. The van der Waals surface area contributed by atoms with Gasteiger partial charge in [-0.1, -0.05) is 26.2 Å². The Hall–Kier alpha value is -0.370. The van der Waals surface area contributed by atoms with Gasteiger partial charge in [0.05, 0.1) is 0 Å². The van der Waals surface area contributed by atoms with Crippen LogP contribution in [0.15, 0.2) is 0 Å². The van der Waals surface area contributed by atoms with E-state index in [-0.39, 0.29) is 0 Å². The zero-order chi connectivity index (χ0) is 12.3. The zero-order valence-corrected chi connectivity index (χ0v) is 11.5. The van der Waals surface area contributed by atoms with Crippen molar-refractivity contribution >= 4 is 5.78 Å². The molecule has 98 valence electrons. The molecule has 2 bridgehead atoms. The molecular weight excluding hydrogens is 210 g/mol. The van der Waals surface area contributed by atoms with Crippen LogP contribution in [0, 0.1) is 5.92 Å². The molecule has 2 aliphatic heterocycles. The Morgan fingerprint density at radius 3 is 2.35 bits per heavy atom. The van der Waals surface area contributed by atoms with Crippen LogP contribution < -0.4 is 0 Å². The third-order valence-corrected chi connectivity index (χ3v) is 4.83. The quantitative estimate of drug-likeness (QED) is 0.660. The van der Waals surface area contributed by atoms with E-state index in [1.54, 1.807) is 0 Å². The molecular formula is C15H27NO. The molecule has 0 aromatic heterocycles. The fourth-order valence-corrected chi connectivity index (χ4v) is 3.60. The maximum absolute atomic E-state index is 12.2. The number of hydrogen-bond acceptors (Lipinski definition) is 2. The van der Waals surface area contributed by atoms with Gasteiger partial charge in [0, 0.05) is 24.4 Å². The lowest BCUT2D eigenvalue weighted by Gasteiger charge is -2.35. The van der Waals surface area contributed by atoms with E-state index in [1.807, 2.05) is 0 Å². The van der Waals surface area contributed by atoms with E-state index in [2.05, 4.69) is 18.9 Å². The van der Waals surface area contributed by atoms with Crippen LogP contribution in [0.1, 0.15) is 64.7 Å². The lowest BCUT2D eigenvalue weighted by atomic mass is 9.86. The normalized spacial score (nSPS) is 32.9. The fourth-order valence-electron chi connectivity index (χ4n) is 3.60. The van der Waals surface area contributed by atoms with Gasteiger partial charge in [-0.3, -0.25) is 4.79 Å². The minimum absolute atomic E-state index is 0.394. The molecule has 2 heteroatoms. The molecule has 17 heavy (non-hydrogen) atoms. The average molecular weight is 237 g/mol. The number of Topliss-reactive ketones (excluding diaryl/α,β-unsaturated/α-hetero) is 1. The molecule has 0 aliphatic carbocycles. The summed E-state index contributed by atoms with van der Waals surface area (Å²) in [4.78, 5) is 14.7. The average Bonchev–Trinajstić information content (AvgIpc) is 2.57. The molecule has 0 aromatic rings. The fraction of sp³-hybridized carbons (Fsp3) is 0.933. The molecule has 2 saturated heterocycles. The molecule has 2 unspecified atom stereocenters. The summed E-state index contributed by atoms with van der Waals surface area (Å²) in [7, 11) is 2.24. The van der Waals surface area contributed by atoms with Gasteiger partial charge in [0.1, 0.15) is 5.78 Å². The maximum atomic E-state index is 12.2. The van der Waals surface area contributed by atoms with Gasteiger partial charge in [-0.15, -0.1) is 0 Å². The molecule has 2 atom stereocenters. The molecule has 2 fully saturated rings. The SMILES string of the molecule is CCCCCCC(=O)C1CC2CCC(C1)N2C. The van der Waals surface area contributed by atoms with Gasteiger partial charge < -0.3 is 4.90 Å². The standard InChI is InChI=1S/C15H27NO/c1-3-4-5-6-7-15(17)12-10-13-8-9-14(11-12)16(13)2/h12-14H,3-11H2,1-2H3. The summed E-state index contributed by atoms with van der Waals surface area (Å²) >= 11 is 0. The molecule has 2 aliphatic rings. The molecule has 0 radical (unpaired) electrons. The van der Waals surface area contributed by atoms with Crippen molar-refractivity contribution in [1.29, 1.82) is 0 Å². The number of carbonyl (C=O) groups excluding carboxylic acids is 1. The van der Waals surface area contributed by atoms with E-state index in [1.165, 1.54) is 32.1 Å². The van der Waals surface area contributed by atoms with E-state index in [0.29, 0.717) is 23.8 Å². The summed E-state index contributed by atoms with van der Waals surface area (Å²) < 4.78 is 0. The van der Waals surface area contributed by atoms with Crippen LogP contribution in [0.5, 0.6) is 0 Å². The van der Waals surface area contributed by atoms with Crippen LogP contribution >= 0.6 is 0 Å². The molecule has 0 spiro atoms. The van der Waals surface area contributed by atoms with Gasteiger partial charge in [-0.05, 0) is 39.2 Å². The molecule has 2 nitrogen and oxygen atoms in total. The summed E-state index contributed by atoms with van der Waals surface area (Å²) in [5.74, 6) is 0.955. The van der Waals surface area contributed by atoms with Crippen molar-refractivity contribution in [3.8, 4) is 0 Å². The minimum Gasteiger partial charge on any atom is -0.300 e. The van der Waals surface area contributed by atoms with E-state index < -0.39 is 0 Å². The number of unbranched alkanes of at least 4 members (excludes halogenated alkanes) is 3. The predicted molar refractivity (Wildman–Crippen MR) is 71.1 cm³/mol. The van der Waals surface area contributed by atoms with Crippen molar-refractivity contribution < 1.29 is 4.79 Å². The van der Waals surface area contributed by atoms with E-state index in [9.17, 15) is 4.79 Å². The van der Waals surface area contributed by atoms with Crippen LogP contribution in [0.2, 0.25) is 0 Å². The Labute approximate surface area is 106 Å². The van der Waals surface area contributed by atoms with Crippen LogP contribution in [-0.4, -0.2) is 29.8 Å². The Bertz CT molecular complexity index is 250. The second kappa shape index (κ2) is 5.99. The van der Waals surface area contributed by atoms with E-state index >= 15 is 0 Å². The van der Waals surface area contributed by atoms with Gasteiger partial charge in [-0.2, -0.15) is 0 Å². The largest absolute Gasteiger partial charge is 0.300 e. The summed E-state index contributed by atoms with van der Waals surface area (Å²) in [6, 6.07) is 1.41. The molecule has 0 saturated carbocycles. The number of rotatable bonds is 6. The number of nitrogens with zero attached hydrogens (tertiary/aromatic N) is 1. The highest BCUT2D eigenvalue weighted by atomic mass is 16.1. The maximum Gasteiger partial charge on any atom is 0.136 e. The van der Waals surface area contributed by atoms with Gasteiger partial charge in [0.15, 0.2) is 0 Å². The molecule has 0 aromatic carbocycles. The van der Waals surface area contributed by atoms with Crippen molar-refractivity contribution in [2.75, 3.05) is 7.05 Å². The first-order chi connectivity index (χ1) is 8.22. The third kappa shape index (κ3) is 3.09. The lowest BCUT2D eigenvalue weighted by molar-refractivity contribution is -0.125. The monoisotopic (exact) mass is 237 g/mol. The Kier molecular flexibility index (Phi) is 4.61. The highest BCUT2D eigenvalue weighted by Gasteiger charge is 2.40. The van der Waals surface area contributed by atoms with E-state index in [4.69, 9.17) is 0 Å². The molecule has 0 N–H and O–H groups in total. The third-order valence-electron chi connectivity index (χ3n) is 4.83. The second-order valence-corrected chi connectivity index (χ2v) is 6.00. The van der Waals surface area contributed by atoms with Crippen LogP contribution in [-0.2, 0) is 4.79 Å². The molecule has 0 amide bonds. The van der Waals surface area contributed by atoms with Crippen molar-refractivity contribution in [2.45, 2.75) is 76.8 Å². The first kappa shape index (κ1) is 13.1. The van der Waals surface area contributed by atoms with Crippen molar-refractivity contribution in [1.82, 2.24) is 4.90 Å². The van der Waals surface area contributed by atoms with Crippen molar-refractivity contribution in [2.24, 2.45) is 5.92 Å². The number of piperidine rings is 1. The van der Waals surface area contributed by atoms with Crippen LogP contribution in [0.3, 0.4) is 0 Å². The summed E-state index contributed by atoms with van der Waals surface area (Å²) in [5, 5.41) is 0. The predicted octanol–water partition coefficient (Wildman–Crippen LogP) is 3.40. The lowest BCUT2D eigenvalue weighted by Crippen LogP contribution is -2.42. The van der Waals surface area contributed by atoms with Crippen LogP contribution in [0.25, 0.3) is 0 Å². The Balaban J connectivity index is 1.74. The second-order valence-electron chi connectivity index (χ2n) is 6.00. The first-order valence-corrected chi connectivity index (χ1v) is 7.47. The number of hydrogen-bond donors (Lipinski definition) is 0. The van der Waals surface area contributed by atoms with Gasteiger partial charge in [-0.25, -0.2) is 0 Å².